The van der Waals surface area contributed by atoms with Gasteiger partial charge in [0, 0.05) is 18.7 Å². The van der Waals surface area contributed by atoms with E-state index in [1.54, 1.807) is 54.6 Å². The lowest BCUT2D eigenvalue weighted by atomic mass is 10.1. The van der Waals surface area contributed by atoms with Crippen molar-refractivity contribution in [1.29, 1.82) is 0 Å². The zero-order valence-electron chi connectivity index (χ0n) is 14.9. The molecule has 1 amide bonds. The number of benzene rings is 2. The van der Waals surface area contributed by atoms with Gasteiger partial charge in [-0.05, 0) is 43.2 Å². The first-order chi connectivity index (χ1) is 11.7. The van der Waals surface area contributed by atoms with Gasteiger partial charge in [0.25, 0.3) is 15.9 Å². The highest BCUT2D eigenvalue weighted by molar-refractivity contribution is 7.92. The Morgan fingerprint density at radius 1 is 1.00 bits per heavy atom. The Balaban J connectivity index is 2.28. The van der Waals surface area contributed by atoms with Gasteiger partial charge >= 0.3 is 0 Å². The quantitative estimate of drug-likeness (QED) is 0.860. The number of carbonyl (C=O) groups excluding carboxylic acids is 1. The van der Waals surface area contributed by atoms with E-state index in [9.17, 15) is 13.2 Å². The van der Waals surface area contributed by atoms with Gasteiger partial charge in [0.1, 0.15) is 0 Å². The number of anilines is 1. The molecule has 0 aliphatic heterocycles. The summed E-state index contributed by atoms with van der Waals surface area (Å²) in [5, 5.41) is 2.93. The largest absolute Gasteiger partial charge is 0.349 e. The molecule has 134 valence electrons. The maximum atomic E-state index is 12.7. The van der Waals surface area contributed by atoms with E-state index >= 15 is 0 Å². The summed E-state index contributed by atoms with van der Waals surface area (Å²) in [5.41, 5.74) is 0.869. The van der Waals surface area contributed by atoms with Crippen molar-refractivity contribution < 1.29 is 13.2 Å². The Kier molecular flexibility index (Phi) is 5.85. The molecule has 2 aromatic carbocycles. The number of hydrogen-bond donors (Lipinski definition) is 1. The summed E-state index contributed by atoms with van der Waals surface area (Å²) < 4.78 is 26.6. The van der Waals surface area contributed by atoms with Crippen molar-refractivity contribution in [3.8, 4) is 0 Å². The molecule has 0 aromatic heterocycles. The number of nitrogens with zero attached hydrogens (tertiary/aromatic N) is 1. The first-order valence-corrected chi connectivity index (χ1v) is 9.62. The van der Waals surface area contributed by atoms with Gasteiger partial charge in [-0.25, -0.2) is 8.42 Å². The van der Waals surface area contributed by atoms with Gasteiger partial charge in [-0.2, -0.15) is 0 Å². The Labute approximate surface area is 149 Å². The summed E-state index contributed by atoms with van der Waals surface area (Å²) in [5.74, 6) is 0.0989. The van der Waals surface area contributed by atoms with Crippen LogP contribution in [-0.2, 0) is 10.0 Å². The first-order valence-electron chi connectivity index (χ1n) is 8.18. The number of carbonyl (C=O) groups is 1. The second-order valence-electron chi connectivity index (χ2n) is 6.34. The van der Waals surface area contributed by atoms with Crippen molar-refractivity contribution in [2.24, 2.45) is 5.92 Å². The number of amides is 1. The summed E-state index contributed by atoms with van der Waals surface area (Å²) >= 11 is 0. The van der Waals surface area contributed by atoms with Crippen LogP contribution in [-0.4, -0.2) is 27.4 Å². The minimum atomic E-state index is -3.67. The summed E-state index contributed by atoms with van der Waals surface area (Å²) in [4.78, 5) is 12.6. The van der Waals surface area contributed by atoms with E-state index in [4.69, 9.17) is 0 Å². The van der Waals surface area contributed by atoms with Gasteiger partial charge in [0.2, 0.25) is 0 Å². The fourth-order valence-corrected chi connectivity index (χ4v) is 3.40. The Morgan fingerprint density at radius 2 is 1.64 bits per heavy atom. The van der Waals surface area contributed by atoms with Crippen LogP contribution in [0.25, 0.3) is 0 Å². The van der Waals surface area contributed by atoms with Gasteiger partial charge < -0.3 is 5.32 Å². The second kappa shape index (κ2) is 7.70. The van der Waals surface area contributed by atoms with Gasteiger partial charge in [-0.3, -0.25) is 9.10 Å². The summed E-state index contributed by atoms with van der Waals surface area (Å²) in [6.07, 6.45) is 0. The summed E-state index contributed by atoms with van der Waals surface area (Å²) in [6, 6.07) is 14.9. The van der Waals surface area contributed by atoms with Crippen LogP contribution < -0.4 is 9.62 Å². The SMILES string of the molecule is CC(C)[C@@H](C)NC(=O)c1cccc(N(C)S(=O)(=O)c2ccccc2)c1. The van der Waals surface area contributed by atoms with Crippen molar-refractivity contribution in [3.63, 3.8) is 0 Å². The van der Waals surface area contributed by atoms with Gasteiger partial charge in [0.05, 0.1) is 10.6 Å². The van der Waals surface area contributed by atoms with Crippen LogP contribution in [0.15, 0.2) is 59.5 Å². The molecule has 0 heterocycles. The normalized spacial score (nSPS) is 12.7. The van der Waals surface area contributed by atoms with Gasteiger partial charge in [-0.15, -0.1) is 0 Å². The number of hydrogen-bond acceptors (Lipinski definition) is 3. The lowest BCUT2D eigenvalue weighted by Gasteiger charge is -2.21. The molecule has 0 fully saturated rings. The van der Waals surface area contributed by atoms with Crippen molar-refractivity contribution >= 4 is 21.6 Å². The van der Waals surface area contributed by atoms with Crippen molar-refractivity contribution in [2.45, 2.75) is 31.7 Å². The Bertz CT molecular complexity index is 833. The van der Waals surface area contributed by atoms with E-state index in [-0.39, 0.29) is 16.8 Å². The van der Waals surface area contributed by atoms with Crippen LogP contribution in [0.1, 0.15) is 31.1 Å². The van der Waals surface area contributed by atoms with Crippen LogP contribution in [0.2, 0.25) is 0 Å². The molecule has 1 atom stereocenters. The van der Waals surface area contributed by atoms with Crippen LogP contribution in [0, 0.1) is 5.92 Å². The third-order valence-electron chi connectivity index (χ3n) is 4.23. The van der Waals surface area contributed by atoms with E-state index < -0.39 is 10.0 Å². The molecule has 0 aliphatic carbocycles. The highest BCUT2D eigenvalue weighted by atomic mass is 32.2. The monoisotopic (exact) mass is 360 g/mol. The molecule has 0 spiro atoms. The third-order valence-corrected chi connectivity index (χ3v) is 6.03. The smallest absolute Gasteiger partial charge is 0.264 e. The predicted octanol–water partition coefficient (Wildman–Crippen LogP) is 3.29. The maximum absolute atomic E-state index is 12.7. The average molecular weight is 360 g/mol. The highest BCUT2D eigenvalue weighted by Gasteiger charge is 2.22. The molecular weight excluding hydrogens is 336 g/mol. The maximum Gasteiger partial charge on any atom is 0.264 e. The molecular formula is C19H24N2O3S. The molecule has 0 saturated carbocycles. The van der Waals surface area contributed by atoms with Crippen molar-refractivity contribution in [2.75, 3.05) is 11.4 Å². The Hall–Kier alpha value is -2.34. The molecule has 0 unspecified atom stereocenters. The summed E-state index contributed by atoms with van der Waals surface area (Å²) in [6.45, 7) is 6.00. The predicted molar refractivity (Wildman–Crippen MR) is 100 cm³/mol. The van der Waals surface area contributed by atoms with E-state index in [0.29, 0.717) is 17.2 Å². The summed E-state index contributed by atoms with van der Waals surface area (Å²) in [7, 11) is -2.19. The second-order valence-corrected chi connectivity index (χ2v) is 8.31. The van der Waals surface area contributed by atoms with E-state index in [1.807, 2.05) is 20.8 Å². The zero-order chi connectivity index (χ0) is 18.6. The molecule has 0 aliphatic rings. The highest BCUT2D eigenvalue weighted by Crippen LogP contribution is 2.22. The molecule has 0 saturated heterocycles. The molecule has 2 rings (SSSR count). The number of rotatable bonds is 6. The third kappa shape index (κ3) is 4.39. The van der Waals surface area contributed by atoms with Gasteiger partial charge in [0.15, 0.2) is 0 Å². The fraction of sp³-hybridized carbons (Fsp3) is 0.316. The molecule has 5 nitrogen and oxygen atoms in total. The van der Waals surface area contributed by atoms with Crippen molar-refractivity contribution in [3.05, 3.63) is 60.2 Å². The van der Waals surface area contributed by atoms with E-state index in [1.165, 1.54) is 11.4 Å². The average Bonchev–Trinajstić information content (AvgIpc) is 2.61. The number of sulfonamides is 1. The topological polar surface area (TPSA) is 66.5 Å². The van der Waals surface area contributed by atoms with Crippen molar-refractivity contribution in [1.82, 2.24) is 5.32 Å². The first kappa shape index (κ1) is 19.0. The van der Waals surface area contributed by atoms with E-state index in [2.05, 4.69) is 5.32 Å². The van der Waals surface area contributed by atoms with Crippen LogP contribution in [0.3, 0.4) is 0 Å². The van der Waals surface area contributed by atoms with Crippen LogP contribution in [0.4, 0.5) is 5.69 Å². The molecule has 25 heavy (non-hydrogen) atoms. The molecule has 0 radical (unpaired) electrons. The number of nitrogens with one attached hydrogen (secondary N) is 1. The lowest BCUT2D eigenvalue weighted by Crippen LogP contribution is -2.36. The molecule has 0 bridgehead atoms. The lowest BCUT2D eigenvalue weighted by molar-refractivity contribution is 0.0930. The van der Waals surface area contributed by atoms with Crippen LogP contribution >= 0.6 is 0 Å². The molecule has 6 heteroatoms. The molecule has 1 N–H and O–H groups in total. The Morgan fingerprint density at radius 3 is 2.24 bits per heavy atom. The van der Waals surface area contributed by atoms with Gasteiger partial charge in [-0.1, -0.05) is 38.1 Å². The minimum absolute atomic E-state index is 0.0296. The standard InChI is InChI=1S/C19H24N2O3S/c1-14(2)15(3)20-19(22)16-9-8-10-17(13-16)21(4)25(23,24)18-11-6-5-7-12-18/h5-15H,1-4H3,(H,20,22)/t15-/m1/s1. The van der Waals surface area contributed by atoms with Crippen LogP contribution in [0.5, 0.6) is 0 Å². The molecule has 2 aromatic rings. The fourth-order valence-electron chi connectivity index (χ4n) is 2.19. The zero-order valence-corrected chi connectivity index (χ0v) is 15.7. The van der Waals surface area contributed by atoms with E-state index in [0.717, 1.165) is 0 Å². The minimum Gasteiger partial charge on any atom is -0.349 e.